The van der Waals surface area contributed by atoms with E-state index in [1.165, 1.54) is 0 Å². The van der Waals surface area contributed by atoms with Crippen LogP contribution in [0.5, 0.6) is 0 Å². The largest absolute Gasteiger partial charge is 0.465 e. The standard InChI is InChI=1S/C13H13N3O3/c17-12(16-6-9(7-16)14-13(18)19)11-5-8-3-1-2-4-10(8)15-11/h1-5,9,14-15H,6-7H2,(H,18,19). The van der Waals surface area contributed by atoms with Crippen LogP contribution < -0.4 is 5.32 Å². The summed E-state index contributed by atoms with van der Waals surface area (Å²) in [5, 5.41) is 11.9. The number of carboxylic acid groups (broad SMARTS) is 1. The zero-order valence-corrected chi connectivity index (χ0v) is 10.1. The highest BCUT2D eigenvalue weighted by molar-refractivity contribution is 5.98. The molecule has 1 saturated heterocycles. The molecule has 6 heteroatoms. The Hall–Kier alpha value is -2.50. The lowest BCUT2D eigenvalue weighted by molar-refractivity contribution is 0.0559. The number of nitrogens with zero attached hydrogens (tertiary/aromatic N) is 1. The molecule has 2 heterocycles. The van der Waals surface area contributed by atoms with Crippen LogP contribution in [0.15, 0.2) is 30.3 Å². The van der Waals surface area contributed by atoms with E-state index in [2.05, 4.69) is 10.3 Å². The van der Waals surface area contributed by atoms with Crippen LogP contribution in [-0.2, 0) is 0 Å². The number of benzene rings is 1. The second kappa shape index (κ2) is 4.31. The number of fused-ring (bicyclic) bond motifs is 1. The molecule has 1 aromatic heterocycles. The fourth-order valence-electron chi connectivity index (χ4n) is 2.27. The van der Waals surface area contributed by atoms with E-state index < -0.39 is 6.09 Å². The van der Waals surface area contributed by atoms with Gasteiger partial charge < -0.3 is 20.3 Å². The van der Waals surface area contributed by atoms with E-state index in [1.807, 2.05) is 30.3 Å². The molecule has 1 aliphatic heterocycles. The highest BCUT2D eigenvalue weighted by atomic mass is 16.4. The van der Waals surface area contributed by atoms with Crippen molar-refractivity contribution in [1.82, 2.24) is 15.2 Å². The summed E-state index contributed by atoms with van der Waals surface area (Å²) in [6.07, 6.45) is -1.05. The zero-order valence-electron chi connectivity index (χ0n) is 10.1. The Labute approximate surface area is 109 Å². The number of carbonyl (C=O) groups is 2. The molecule has 0 spiro atoms. The molecule has 0 saturated carbocycles. The number of amides is 2. The first-order chi connectivity index (χ1) is 9.13. The molecule has 3 N–H and O–H groups in total. The second-order valence-corrected chi connectivity index (χ2v) is 4.63. The average Bonchev–Trinajstić information content (AvgIpc) is 2.75. The Balaban J connectivity index is 1.70. The molecule has 0 aliphatic carbocycles. The fourth-order valence-corrected chi connectivity index (χ4v) is 2.27. The summed E-state index contributed by atoms with van der Waals surface area (Å²) in [6, 6.07) is 9.33. The van der Waals surface area contributed by atoms with Crippen LogP contribution in [-0.4, -0.2) is 46.1 Å². The van der Waals surface area contributed by atoms with E-state index >= 15 is 0 Å². The van der Waals surface area contributed by atoms with Crippen molar-refractivity contribution < 1.29 is 14.7 Å². The van der Waals surface area contributed by atoms with Crippen LogP contribution in [0, 0.1) is 0 Å². The molecule has 3 rings (SSSR count). The van der Waals surface area contributed by atoms with Gasteiger partial charge in [-0.2, -0.15) is 0 Å². The number of hydrogen-bond acceptors (Lipinski definition) is 2. The number of nitrogens with one attached hydrogen (secondary N) is 2. The number of aromatic amines is 1. The zero-order chi connectivity index (χ0) is 13.4. The van der Waals surface area contributed by atoms with E-state index in [0.29, 0.717) is 18.8 Å². The predicted molar refractivity (Wildman–Crippen MR) is 69.2 cm³/mol. The minimum absolute atomic E-state index is 0.0976. The Morgan fingerprint density at radius 1 is 1.32 bits per heavy atom. The predicted octanol–water partition coefficient (Wildman–Crippen LogP) is 1.26. The normalized spacial score (nSPS) is 15.3. The van der Waals surface area contributed by atoms with E-state index in [0.717, 1.165) is 10.9 Å². The van der Waals surface area contributed by atoms with Crippen LogP contribution in [0.25, 0.3) is 10.9 Å². The van der Waals surface area contributed by atoms with Gasteiger partial charge in [-0.3, -0.25) is 4.79 Å². The molecule has 0 radical (unpaired) electrons. The topological polar surface area (TPSA) is 85.4 Å². The van der Waals surface area contributed by atoms with Gasteiger partial charge in [0.05, 0.1) is 6.04 Å². The Bertz CT molecular complexity index is 610. The van der Waals surface area contributed by atoms with Crippen LogP contribution >= 0.6 is 0 Å². The maximum Gasteiger partial charge on any atom is 0.405 e. The number of likely N-dealkylation sites (tertiary alicyclic amines) is 1. The Morgan fingerprint density at radius 2 is 2.05 bits per heavy atom. The molecule has 1 aromatic carbocycles. The molecular formula is C13H13N3O3. The van der Waals surface area contributed by atoms with Gasteiger partial charge in [-0.05, 0) is 12.1 Å². The van der Waals surface area contributed by atoms with Crippen molar-refractivity contribution >= 4 is 22.9 Å². The minimum atomic E-state index is -1.05. The lowest BCUT2D eigenvalue weighted by Gasteiger charge is -2.38. The third-order valence-electron chi connectivity index (χ3n) is 3.26. The number of H-pyrrole nitrogens is 1. The average molecular weight is 259 g/mol. The van der Waals surface area contributed by atoms with Crippen molar-refractivity contribution in [3.8, 4) is 0 Å². The maximum absolute atomic E-state index is 12.1. The molecule has 19 heavy (non-hydrogen) atoms. The van der Waals surface area contributed by atoms with Crippen LogP contribution in [0.1, 0.15) is 10.5 Å². The van der Waals surface area contributed by atoms with Gasteiger partial charge in [0, 0.05) is 24.0 Å². The van der Waals surface area contributed by atoms with Gasteiger partial charge in [0.25, 0.3) is 5.91 Å². The number of para-hydroxylation sites is 1. The second-order valence-electron chi connectivity index (χ2n) is 4.63. The molecule has 1 aliphatic rings. The first-order valence-electron chi connectivity index (χ1n) is 6.00. The first-order valence-corrected chi connectivity index (χ1v) is 6.00. The summed E-state index contributed by atoms with van der Waals surface area (Å²) in [5.41, 5.74) is 1.46. The van der Waals surface area contributed by atoms with Gasteiger partial charge in [0.1, 0.15) is 5.69 Å². The van der Waals surface area contributed by atoms with Crippen molar-refractivity contribution in [2.45, 2.75) is 6.04 Å². The maximum atomic E-state index is 12.1. The van der Waals surface area contributed by atoms with E-state index in [-0.39, 0.29) is 11.9 Å². The number of aromatic nitrogens is 1. The SMILES string of the molecule is O=C(O)NC1CN(C(=O)c2cc3ccccc3[nH]2)C1. The van der Waals surface area contributed by atoms with Gasteiger partial charge in [0.15, 0.2) is 0 Å². The third-order valence-corrected chi connectivity index (χ3v) is 3.26. The van der Waals surface area contributed by atoms with Crippen molar-refractivity contribution in [1.29, 1.82) is 0 Å². The van der Waals surface area contributed by atoms with Gasteiger partial charge in [-0.1, -0.05) is 18.2 Å². The molecule has 6 nitrogen and oxygen atoms in total. The summed E-state index contributed by atoms with van der Waals surface area (Å²) in [7, 11) is 0. The lowest BCUT2D eigenvalue weighted by atomic mass is 10.1. The summed E-state index contributed by atoms with van der Waals surface area (Å²) < 4.78 is 0. The lowest BCUT2D eigenvalue weighted by Crippen LogP contribution is -2.60. The highest BCUT2D eigenvalue weighted by Crippen LogP contribution is 2.18. The van der Waals surface area contributed by atoms with Crippen LogP contribution in [0.4, 0.5) is 4.79 Å². The van der Waals surface area contributed by atoms with Gasteiger partial charge in [0.2, 0.25) is 0 Å². The quantitative estimate of drug-likeness (QED) is 0.759. The fraction of sp³-hybridized carbons (Fsp3) is 0.231. The van der Waals surface area contributed by atoms with E-state index in [1.54, 1.807) is 4.90 Å². The monoisotopic (exact) mass is 259 g/mol. The van der Waals surface area contributed by atoms with Crippen molar-refractivity contribution in [2.75, 3.05) is 13.1 Å². The molecular weight excluding hydrogens is 246 g/mol. The Morgan fingerprint density at radius 3 is 2.74 bits per heavy atom. The van der Waals surface area contributed by atoms with E-state index in [4.69, 9.17) is 5.11 Å². The number of rotatable bonds is 2. The molecule has 0 bridgehead atoms. The third kappa shape index (κ3) is 2.12. The number of hydrogen-bond donors (Lipinski definition) is 3. The van der Waals surface area contributed by atoms with Crippen molar-refractivity contribution in [3.05, 3.63) is 36.0 Å². The summed E-state index contributed by atoms with van der Waals surface area (Å²) >= 11 is 0. The van der Waals surface area contributed by atoms with Gasteiger partial charge in [-0.15, -0.1) is 0 Å². The summed E-state index contributed by atoms with van der Waals surface area (Å²) in [5.74, 6) is -0.0976. The first kappa shape index (κ1) is 11.6. The van der Waals surface area contributed by atoms with Crippen LogP contribution in [0.3, 0.4) is 0 Å². The highest BCUT2D eigenvalue weighted by Gasteiger charge is 2.32. The van der Waals surface area contributed by atoms with Gasteiger partial charge >= 0.3 is 6.09 Å². The molecule has 98 valence electrons. The molecule has 2 amide bonds. The van der Waals surface area contributed by atoms with Gasteiger partial charge in [-0.25, -0.2) is 4.79 Å². The summed E-state index contributed by atoms with van der Waals surface area (Å²) in [4.78, 5) is 27.3. The molecule has 1 fully saturated rings. The van der Waals surface area contributed by atoms with E-state index in [9.17, 15) is 9.59 Å². The minimum Gasteiger partial charge on any atom is -0.465 e. The summed E-state index contributed by atoms with van der Waals surface area (Å²) in [6.45, 7) is 0.834. The number of carbonyl (C=O) groups excluding carboxylic acids is 1. The van der Waals surface area contributed by atoms with Crippen molar-refractivity contribution in [3.63, 3.8) is 0 Å². The molecule has 0 unspecified atom stereocenters. The molecule has 0 atom stereocenters. The Kier molecular flexibility index (Phi) is 2.63. The van der Waals surface area contributed by atoms with Crippen LogP contribution in [0.2, 0.25) is 0 Å². The molecule has 2 aromatic rings. The smallest absolute Gasteiger partial charge is 0.405 e. The van der Waals surface area contributed by atoms with Crippen molar-refractivity contribution in [2.24, 2.45) is 0 Å².